The Balaban J connectivity index is 1.89. The molecule has 31 heavy (non-hydrogen) atoms. The van der Waals surface area contributed by atoms with Gasteiger partial charge in [-0.2, -0.15) is 0 Å². The molecule has 0 aromatic carbocycles. The minimum absolute atomic E-state index is 0.362. The zero-order chi connectivity index (χ0) is 23.6. The predicted molar refractivity (Wildman–Crippen MR) is 117 cm³/mol. The molecule has 2 unspecified atom stereocenters. The molecule has 0 aromatic heterocycles. The highest BCUT2D eigenvalue weighted by Crippen LogP contribution is 2.49. The predicted octanol–water partition coefficient (Wildman–Crippen LogP) is 2.90. The summed E-state index contributed by atoms with van der Waals surface area (Å²) in [5.74, 6) is -1.85. The number of amides is 1. The number of epoxide rings is 1. The van der Waals surface area contributed by atoms with Crippen molar-refractivity contribution in [1.82, 2.24) is 5.32 Å². The second-order valence-corrected chi connectivity index (χ2v) is 9.19. The summed E-state index contributed by atoms with van der Waals surface area (Å²) in [6, 6.07) is 0. The lowest BCUT2D eigenvalue weighted by Crippen LogP contribution is -2.45. The van der Waals surface area contributed by atoms with Crippen LogP contribution in [0.25, 0.3) is 0 Å². The van der Waals surface area contributed by atoms with E-state index in [0.29, 0.717) is 12.0 Å². The maximum absolute atomic E-state index is 12.7. The van der Waals surface area contributed by atoms with Crippen molar-refractivity contribution in [2.45, 2.75) is 77.9 Å². The topological polar surface area (TPSA) is 105 Å². The van der Waals surface area contributed by atoms with E-state index in [1.807, 2.05) is 45.9 Å². The summed E-state index contributed by atoms with van der Waals surface area (Å²) < 4.78 is 10.7. The number of morpholine rings is 1. The Kier molecular flexibility index (Phi) is 7.13. The number of rotatable bonds is 8. The average molecular weight is 432 g/mol. The Hall–Kier alpha value is -2.51. The van der Waals surface area contributed by atoms with Gasteiger partial charge in [0.05, 0.1) is 5.57 Å². The molecule has 2 aliphatic rings. The quantitative estimate of drug-likeness (QED) is 0.153. The number of hydrogen-bond acceptors (Lipinski definition) is 6. The first-order valence-electron chi connectivity index (χ1n) is 10.4. The molecule has 2 fully saturated rings. The Morgan fingerprint density at radius 3 is 2.45 bits per heavy atom. The van der Waals surface area contributed by atoms with Gasteiger partial charge in [-0.1, -0.05) is 42.9 Å². The van der Waals surface area contributed by atoms with Crippen molar-refractivity contribution in [3.8, 4) is 0 Å². The first-order valence-corrected chi connectivity index (χ1v) is 10.4. The Morgan fingerprint density at radius 1 is 1.32 bits per heavy atom. The van der Waals surface area contributed by atoms with Gasteiger partial charge in [0.25, 0.3) is 5.91 Å². The number of Topliss-reactive ketones (excluding diaryl/α,β-unsaturated/α-hetero) is 1. The number of aliphatic hydroxyl groups is 1. The van der Waals surface area contributed by atoms with E-state index in [4.69, 9.17) is 9.47 Å². The van der Waals surface area contributed by atoms with Crippen LogP contribution in [0.4, 0.5) is 0 Å². The summed E-state index contributed by atoms with van der Waals surface area (Å²) in [5.41, 5.74) is -2.27. The lowest BCUT2D eigenvalue weighted by molar-refractivity contribution is -0.149. The SMILES string of the molecule is CC=C(C=C(C)C=CCC=CC(C)C(=O)[C@]12O[C@H]1C(C)(O)NC2=O)C(=O)OC(C)(C)C. The number of ketones is 1. The molecule has 2 saturated heterocycles. The van der Waals surface area contributed by atoms with Gasteiger partial charge in [0.1, 0.15) is 5.60 Å². The molecule has 2 rings (SSSR count). The van der Waals surface area contributed by atoms with Crippen LogP contribution in [0.3, 0.4) is 0 Å². The molecule has 0 saturated carbocycles. The molecule has 1 amide bonds. The van der Waals surface area contributed by atoms with E-state index >= 15 is 0 Å². The third-order valence-corrected chi connectivity index (χ3v) is 5.02. The van der Waals surface area contributed by atoms with Crippen LogP contribution < -0.4 is 5.32 Å². The summed E-state index contributed by atoms with van der Waals surface area (Å²) in [7, 11) is 0. The van der Waals surface area contributed by atoms with Crippen molar-refractivity contribution in [1.29, 1.82) is 0 Å². The largest absolute Gasteiger partial charge is 0.456 e. The van der Waals surface area contributed by atoms with E-state index in [1.165, 1.54) is 6.92 Å². The van der Waals surface area contributed by atoms with Crippen LogP contribution >= 0.6 is 0 Å². The highest BCUT2D eigenvalue weighted by molar-refractivity contribution is 6.16. The molecule has 2 heterocycles. The molecule has 4 atom stereocenters. The van der Waals surface area contributed by atoms with E-state index in [-0.39, 0.29) is 11.8 Å². The van der Waals surface area contributed by atoms with Crippen LogP contribution in [0, 0.1) is 5.92 Å². The van der Waals surface area contributed by atoms with Gasteiger partial charge in [-0.05, 0) is 54.0 Å². The van der Waals surface area contributed by atoms with Crippen molar-refractivity contribution in [3.05, 3.63) is 47.6 Å². The molecule has 0 radical (unpaired) electrons. The summed E-state index contributed by atoms with van der Waals surface area (Å²) >= 11 is 0. The van der Waals surface area contributed by atoms with E-state index in [2.05, 4.69) is 5.32 Å². The van der Waals surface area contributed by atoms with E-state index in [9.17, 15) is 19.5 Å². The zero-order valence-corrected chi connectivity index (χ0v) is 19.3. The maximum Gasteiger partial charge on any atom is 0.338 e. The first-order chi connectivity index (χ1) is 14.2. The molecule has 170 valence electrons. The third kappa shape index (κ3) is 5.60. The molecule has 2 N–H and O–H groups in total. The van der Waals surface area contributed by atoms with Gasteiger partial charge in [-0.3, -0.25) is 9.59 Å². The average Bonchev–Trinajstić information content (AvgIpc) is 3.37. The number of carbonyl (C=O) groups excluding carboxylic acids is 3. The fraction of sp³-hybridized carbons (Fsp3) is 0.542. The lowest BCUT2D eigenvalue weighted by atomic mass is 9.90. The maximum atomic E-state index is 12.7. The van der Waals surface area contributed by atoms with Crippen LogP contribution in [0.5, 0.6) is 0 Å². The van der Waals surface area contributed by atoms with Gasteiger partial charge in [0.15, 0.2) is 17.6 Å². The number of ether oxygens (including phenoxy) is 2. The monoisotopic (exact) mass is 431 g/mol. The van der Waals surface area contributed by atoms with Gasteiger partial charge in [-0.25, -0.2) is 4.79 Å². The molecule has 7 heteroatoms. The second-order valence-electron chi connectivity index (χ2n) is 9.19. The van der Waals surface area contributed by atoms with Gasteiger partial charge in [0.2, 0.25) is 5.60 Å². The highest BCUT2D eigenvalue weighted by atomic mass is 16.6. The standard InChI is InChI=1S/C24H33NO6/c1-8-17(19(27)30-22(4,5)6)14-15(2)12-10-9-11-13-16(3)18(26)24-20(31-24)23(7,29)25-21(24)28/h8,10-14,16,20,29H,9H2,1-7H3,(H,25,28)/t16?,20-,23?,24-/m0/s1. The fourth-order valence-corrected chi connectivity index (χ4v) is 3.45. The molecule has 0 spiro atoms. The van der Waals surface area contributed by atoms with E-state index in [0.717, 1.165) is 5.57 Å². The van der Waals surface area contributed by atoms with E-state index < -0.39 is 34.9 Å². The summed E-state index contributed by atoms with van der Waals surface area (Å²) in [4.78, 5) is 36.9. The molecular weight excluding hydrogens is 398 g/mol. The van der Waals surface area contributed by atoms with Crippen LogP contribution in [0.2, 0.25) is 0 Å². The summed E-state index contributed by atoms with van der Waals surface area (Å²) in [6.45, 7) is 12.2. The minimum Gasteiger partial charge on any atom is -0.456 e. The molecule has 7 nitrogen and oxygen atoms in total. The van der Waals surface area contributed by atoms with Crippen molar-refractivity contribution >= 4 is 17.7 Å². The normalized spacial score (nSPS) is 29.8. The number of carbonyl (C=O) groups is 3. The van der Waals surface area contributed by atoms with E-state index in [1.54, 1.807) is 32.1 Å². The molecule has 0 aliphatic carbocycles. The van der Waals surface area contributed by atoms with Gasteiger partial charge < -0.3 is 19.9 Å². The van der Waals surface area contributed by atoms with Gasteiger partial charge in [0, 0.05) is 5.92 Å². The van der Waals surface area contributed by atoms with Crippen LogP contribution in [-0.2, 0) is 23.9 Å². The van der Waals surface area contributed by atoms with Crippen LogP contribution in [0.1, 0.15) is 54.9 Å². The number of hydrogen-bond donors (Lipinski definition) is 2. The second kappa shape index (κ2) is 8.93. The fourth-order valence-electron chi connectivity index (χ4n) is 3.45. The number of esters is 1. The number of allylic oxidation sites excluding steroid dienone is 6. The highest BCUT2D eigenvalue weighted by Gasteiger charge is 2.79. The molecule has 0 aromatic rings. The lowest BCUT2D eigenvalue weighted by Gasteiger charge is -2.19. The van der Waals surface area contributed by atoms with Crippen LogP contribution in [-0.4, -0.2) is 45.8 Å². The Bertz CT molecular complexity index is 871. The van der Waals surface area contributed by atoms with Crippen molar-refractivity contribution in [2.75, 3.05) is 0 Å². The molecular formula is C24H33NO6. The first kappa shape index (κ1) is 24.8. The van der Waals surface area contributed by atoms with Gasteiger partial charge in [-0.15, -0.1) is 0 Å². The molecule has 0 bridgehead atoms. The Morgan fingerprint density at radius 2 is 1.97 bits per heavy atom. The van der Waals surface area contributed by atoms with Crippen molar-refractivity contribution in [2.24, 2.45) is 5.92 Å². The number of nitrogens with one attached hydrogen (secondary N) is 1. The smallest absolute Gasteiger partial charge is 0.338 e. The Labute approximate surface area is 183 Å². The summed E-state index contributed by atoms with van der Waals surface area (Å²) in [5, 5.41) is 12.5. The molecule has 2 aliphatic heterocycles. The summed E-state index contributed by atoms with van der Waals surface area (Å²) in [6.07, 6.45) is 10.5. The van der Waals surface area contributed by atoms with Crippen molar-refractivity contribution in [3.63, 3.8) is 0 Å². The number of fused-ring (bicyclic) bond motifs is 1. The van der Waals surface area contributed by atoms with Crippen molar-refractivity contribution < 1.29 is 29.0 Å². The van der Waals surface area contributed by atoms with Gasteiger partial charge >= 0.3 is 5.97 Å². The minimum atomic E-state index is -1.56. The third-order valence-electron chi connectivity index (χ3n) is 5.02. The van der Waals surface area contributed by atoms with Crippen LogP contribution in [0.15, 0.2) is 47.6 Å². The zero-order valence-electron chi connectivity index (χ0n) is 19.3.